The molecule has 2 aromatic carbocycles. The van der Waals surface area contributed by atoms with Crippen LogP contribution < -0.4 is 14.9 Å². The number of rotatable bonds is 8. The van der Waals surface area contributed by atoms with E-state index in [1.165, 1.54) is 0 Å². The van der Waals surface area contributed by atoms with E-state index in [1.807, 2.05) is 24.3 Å². The number of carbonyl (C=O) groups is 1. The standard InChI is InChI=1S/C25H28N2O5/c1-5-26(6-2)13-14-27-22(17-9-7-8-10-19(17)31-4)21-23(28)18-12-11-16(30-3)15-20(18)32-24(21)25(27)29/h7-12,15,22H,5-6,13-14H2,1-4H3. The fourth-order valence-electron chi connectivity index (χ4n) is 4.36. The van der Waals surface area contributed by atoms with Crippen LogP contribution >= 0.6 is 0 Å². The van der Waals surface area contributed by atoms with Gasteiger partial charge in [0.1, 0.15) is 17.1 Å². The smallest absolute Gasteiger partial charge is 0.290 e. The number of hydrogen-bond donors (Lipinski definition) is 0. The zero-order valence-electron chi connectivity index (χ0n) is 18.9. The molecule has 0 fully saturated rings. The third-order valence-electron chi connectivity index (χ3n) is 6.16. The summed E-state index contributed by atoms with van der Waals surface area (Å²) in [6.45, 7) is 7.10. The summed E-state index contributed by atoms with van der Waals surface area (Å²) >= 11 is 0. The van der Waals surface area contributed by atoms with Crippen LogP contribution in [0.4, 0.5) is 0 Å². The number of likely N-dealkylation sites (N-methyl/N-ethyl adjacent to an activating group) is 1. The third-order valence-corrected chi connectivity index (χ3v) is 6.16. The first-order valence-electron chi connectivity index (χ1n) is 10.8. The van der Waals surface area contributed by atoms with Gasteiger partial charge in [-0.3, -0.25) is 9.59 Å². The van der Waals surface area contributed by atoms with E-state index >= 15 is 0 Å². The lowest BCUT2D eigenvalue weighted by Crippen LogP contribution is -2.38. The predicted octanol–water partition coefficient (Wildman–Crippen LogP) is 3.70. The van der Waals surface area contributed by atoms with E-state index in [1.54, 1.807) is 37.3 Å². The molecule has 1 unspecified atom stereocenters. The predicted molar refractivity (Wildman–Crippen MR) is 123 cm³/mol. The summed E-state index contributed by atoms with van der Waals surface area (Å²) in [5.41, 5.74) is 1.25. The van der Waals surface area contributed by atoms with Crippen LogP contribution in [0, 0.1) is 0 Å². The Kier molecular flexibility index (Phi) is 6.19. The molecule has 0 saturated carbocycles. The van der Waals surface area contributed by atoms with Crippen molar-refractivity contribution in [1.29, 1.82) is 0 Å². The average molecular weight is 437 g/mol. The summed E-state index contributed by atoms with van der Waals surface area (Å²) < 4.78 is 16.9. The van der Waals surface area contributed by atoms with Gasteiger partial charge >= 0.3 is 0 Å². The van der Waals surface area contributed by atoms with Crippen LogP contribution in [-0.4, -0.2) is 56.1 Å². The van der Waals surface area contributed by atoms with Gasteiger partial charge < -0.3 is 23.7 Å². The molecule has 2 heterocycles. The molecule has 0 spiro atoms. The van der Waals surface area contributed by atoms with Gasteiger partial charge in [-0.05, 0) is 31.3 Å². The Hall–Kier alpha value is -3.32. The lowest BCUT2D eigenvalue weighted by molar-refractivity contribution is 0.0706. The van der Waals surface area contributed by atoms with Crippen molar-refractivity contribution in [2.24, 2.45) is 0 Å². The van der Waals surface area contributed by atoms with Crippen molar-refractivity contribution in [2.45, 2.75) is 19.9 Å². The van der Waals surface area contributed by atoms with E-state index in [-0.39, 0.29) is 17.1 Å². The molecule has 1 atom stereocenters. The fourth-order valence-corrected chi connectivity index (χ4v) is 4.36. The highest BCUT2D eigenvalue weighted by Gasteiger charge is 2.43. The zero-order chi connectivity index (χ0) is 22.8. The van der Waals surface area contributed by atoms with Gasteiger partial charge in [-0.2, -0.15) is 0 Å². The minimum atomic E-state index is -0.577. The molecule has 7 heteroatoms. The Balaban J connectivity index is 1.91. The maximum Gasteiger partial charge on any atom is 0.290 e. The number of para-hydroxylation sites is 1. The lowest BCUT2D eigenvalue weighted by Gasteiger charge is -2.28. The molecule has 1 aromatic heterocycles. The van der Waals surface area contributed by atoms with Gasteiger partial charge in [0.25, 0.3) is 5.91 Å². The van der Waals surface area contributed by atoms with Gasteiger partial charge in [0, 0.05) is 24.7 Å². The van der Waals surface area contributed by atoms with Crippen molar-refractivity contribution in [3.05, 3.63) is 69.6 Å². The van der Waals surface area contributed by atoms with E-state index in [2.05, 4.69) is 18.7 Å². The molecular formula is C25H28N2O5. The van der Waals surface area contributed by atoms with Gasteiger partial charge in [0.2, 0.25) is 5.76 Å². The minimum Gasteiger partial charge on any atom is -0.497 e. The summed E-state index contributed by atoms with van der Waals surface area (Å²) in [4.78, 5) is 31.1. The molecule has 4 rings (SSSR count). The minimum absolute atomic E-state index is 0.0891. The van der Waals surface area contributed by atoms with Crippen molar-refractivity contribution in [3.8, 4) is 11.5 Å². The van der Waals surface area contributed by atoms with Gasteiger partial charge in [0.15, 0.2) is 5.43 Å². The van der Waals surface area contributed by atoms with E-state index in [4.69, 9.17) is 13.9 Å². The second-order valence-corrected chi connectivity index (χ2v) is 7.71. The molecule has 3 aromatic rings. The Bertz CT molecular complexity index is 1200. The first kappa shape index (κ1) is 21.9. The summed E-state index contributed by atoms with van der Waals surface area (Å²) in [5, 5.41) is 0.419. The van der Waals surface area contributed by atoms with Gasteiger partial charge in [-0.15, -0.1) is 0 Å². The zero-order valence-corrected chi connectivity index (χ0v) is 18.9. The molecule has 1 amide bonds. The average Bonchev–Trinajstić information content (AvgIpc) is 3.11. The molecule has 0 bridgehead atoms. The maximum atomic E-state index is 13.6. The van der Waals surface area contributed by atoms with Crippen LogP contribution in [0.5, 0.6) is 11.5 Å². The van der Waals surface area contributed by atoms with Crippen LogP contribution in [0.25, 0.3) is 11.0 Å². The number of nitrogens with zero attached hydrogens (tertiary/aromatic N) is 2. The second kappa shape index (κ2) is 9.04. The molecule has 1 aliphatic rings. The van der Waals surface area contributed by atoms with E-state index in [0.29, 0.717) is 41.1 Å². The topological polar surface area (TPSA) is 72.2 Å². The van der Waals surface area contributed by atoms with Gasteiger partial charge in [-0.25, -0.2) is 0 Å². The Morgan fingerprint density at radius 3 is 2.47 bits per heavy atom. The van der Waals surface area contributed by atoms with Crippen LogP contribution in [0.15, 0.2) is 51.7 Å². The number of hydrogen-bond acceptors (Lipinski definition) is 6. The monoisotopic (exact) mass is 436 g/mol. The van der Waals surface area contributed by atoms with Crippen LogP contribution in [0.1, 0.15) is 41.6 Å². The third kappa shape index (κ3) is 3.62. The highest BCUT2D eigenvalue weighted by atomic mass is 16.5. The maximum absolute atomic E-state index is 13.6. The Morgan fingerprint density at radius 1 is 1.03 bits per heavy atom. The molecule has 168 valence electrons. The normalized spacial score (nSPS) is 15.5. The molecule has 0 N–H and O–H groups in total. The van der Waals surface area contributed by atoms with Crippen molar-refractivity contribution >= 4 is 16.9 Å². The van der Waals surface area contributed by atoms with Crippen LogP contribution in [0.3, 0.4) is 0 Å². The van der Waals surface area contributed by atoms with Crippen molar-refractivity contribution < 1.29 is 18.7 Å². The van der Waals surface area contributed by atoms with Crippen molar-refractivity contribution in [1.82, 2.24) is 9.80 Å². The van der Waals surface area contributed by atoms with Gasteiger partial charge in [0.05, 0.1) is 31.2 Å². The van der Waals surface area contributed by atoms with E-state index in [0.717, 1.165) is 18.7 Å². The quantitative estimate of drug-likeness (QED) is 0.536. The number of methoxy groups -OCH3 is 2. The molecule has 0 radical (unpaired) electrons. The fraction of sp³-hybridized carbons (Fsp3) is 0.360. The number of fused-ring (bicyclic) bond motifs is 2. The number of amides is 1. The highest BCUT2D eigenvalue weighted by Crippen LogP contribution is 2.41. The van der Waals surface area contributed by atoms with Gasteiger partial charge in [-0.1, -0.05) is 32.0 Å². The molecule has 1 aliphatic heterocycles. The number of benzene rings is 2. The lowest BCUT2D eigenvalue weighted by atomic mass is 9.97. The van der Waals surface area contributed by atoms with Crippen molar-refractivity contribution in [2.75, 3.05) is 40.4 Å². The summed E-state index contributed by atoms with van der Waals surface area (Å²) in [5.74, 6) is 0.988. The largest absolute Gasteiger partial charge is 0.497 e. The number of ether oxygens (including phenoxy) is 2. The molecule has 32 heavy (non-hydrogen) atoms. The van der Waals surface area contributed by atoms with Crippen LogP contribution in [-0.2, 0) is 0 Å². The second-order valence-electron chi connectivity index (χ2n) is 7.71. The van der Waals surface area contributed by atoms with E-state index in [9.17, 15) is 9.59 Å². The summed E-state index contributed by atoms with van der Waals surface area (Å²) in [7, 11) is 3.14. The Morgan fingerprint density at radius 2 is 1.78 bits per heavy atom. The first-order chi connectivity index (χ1) is 15.5. The van der Waals surface area contributed by atoms with Crippen molar-refractivity contribution in [3.63, 3.8) is 0 Å². The molecule has 0 saturated heterocycles. The molecule has 7 nitrogen and oxygen atoms in total. The Labute approximate surface area is 187 Å². The number of carbonyl (C=O) groups excluding carboxylic acids is 1. The molecular weight excluding hydrogens is 408 g/mol. The SMILES string of the molecule is CCN(CC)CCN1C(=O)c2oc3cc(OC)ccc3c(=O)c2C1c1ccccc1OC. The summed E-state index contributed by atoms with van der Waals surface area (Å²) in [6, 6.07) is 12.0. The highest BCUT2D eigenvalue weighted by molar-refractivity contribution is 5.99. The molecule has 0 aliphatic carbocycles. The van der Waals surface area contributed by atoms with E-state index < -0.39 is 6.04 Å². The van der Waals surface area contributed by atoms with Crippen LogP contribution in [0.2, 0.25) is 0 Å². The first-order valence-corrected chi connectivity index (χ1v) is 10.8. The summed E-state index contributed by atoms with van der Waals surface area (Å²) in [6.07, 6.45) is 0.